The molecule has 166 valence electrons. The van der Waals surface area contributed by atoms with Crippen molar-refractivity contribution in [3.05, 3.63) is 104 Å². The summed E-state index contributed by atoms with van der Waals surface area (Å²) in [4.78, 5) is 28.6. The Balaban J connectivity index is 1.61. The lowest BCUT2D eigenvalue weighted by molar-refractivity contribution is 0.0730. The molecule has 1 aliphatic rings. The highest BCUT2D eigenvalue weighted by Gasteiger charge is 2.42. The van der Waals surface area contributed by atoms with Crippen LogP contribution in [0.25, 0.3) is 11.0 Å². The van der Waals surface area contributed by atoms with E-state index < -0.39 is 6.04 Å². The van der Waals surface area contributed by atoms with Crippen LogP contribution in [0.2, 0.25) is 5.02 Å². The van der Waals surface area contributed by atoms with Gasteiger partial charge in [-0.25, -0.2) is 0 Å². The van der Waals surface area contributed by atoms with Crippen molar-refractivity contribution in [2.75, 3.05) is 13.7 Å². The number of fused-ring (bicyclic) bond motifs is 2. The topological polar surface area (TPSA) is 80.0 Å². The normalized spacial score (nSPS) is 15.2. The molecule has 4 aromatic rings. The van der Waals surface area contributed by atoms with Gasteiger partial charge in [0.05, 0.1) is 24.1 Å². The molecule has 1 aliphatic heterocycles. The van der Waals surface area contributed by atoms with Crippen LogP contribution in [-0.4, -0.2) is 29.6 Å². The molecule has 0 bridgehead atoms. The summed E-state index contributed by atoms with van der Waals surface area (Å²) < 4.78 is 11.1. The van der Waals surface area contributed by atoms with Crippen molar-refractivity contribution in [1.29, 1.82) is 0 Å². The van der Waals surface area contributed by atoms with E-state index in [4.69, 9.17) is 20.8 Å². The monoisotopic (exact) mass is 461 g/mol. The number of hydrogen-bond acceptors (Lipinski definition) is 5. The Morgan fingerprint density at radius 3 is 2.58 bits per heavy atom. The molecule has 0 fully saturated rings. The first-order chi connectivity index (χ1) is 16.0. The van der Waals surface area contributed by atoms with Gasteiger partial charge in [-0.15, -0.1) is 0 Å². The van der Waals surface area contributed by atoms with Gasteiger partial charge in [-0.1, -0.05) is 35.9 Å². The first-order valence-electron chi connectivity index (χ1n) is 10.5. The molecule has 2 heterocycles. The minimum atomic E-state index is -0.683. The zero-order chi connectivity index (χ0) is 23.1. The molecule has 7 heteroatoms. The average molecular weight is 462 g/mol. The quantitative estimate of drug-likeness (QED) is 0.455. The van der Waals surface area contributed by atoms with Crippen LogP contribution in [0.3, 0.4) is 0 Å². The highest BCUT2D eigenvalue weighted by Crippen LogP contribution is 2.39. The lowest BCUT2D eigenvalue weighted by Crippen LogP contribution is -2.31. The Hall–Kier alpha value is -3.77. The van der Waals surface area contributed by atoms with Crippen molar-refractivity contribution in [3.63, 3.8) is 0 Å². The summed E-state index contributed by atoms with van der Waals surface area (Å²) in [5.74, 6) is 0.469. The fourth-order valence-corrected chi connectivity index (χ4v) is 4.48. The molecule has 0 radical (unpaired) electrons. The van der Waals surface area contributed by atoms with Crippen LogP contribution >= 0.6 is 11.6 Å². The van der Waals surface area contributed by atoms with Gasteiger partial charge in [0.25, 0.3) is 5.91 Å². The molecule has 6 nitrogen and oxygen atoms in total. The second kappa shape index (κ2) is 8.30. The SMILES string of the molecule is COc1ccc(CCN2C(=O)c3oc4ccc(Cl)cc4c(=O)c3C2c2cccc(O)c2)cc1. The van der Waals surface area contributed by atoms with Crippen LogP contribution in [-0.2, 0) is 6.42 Å². The fraction of sp³-hybridized carbons (Fsp3) is 0.154. The summed E-state index contributed by atoms with van der Waals surface area (Å²) in [5, 5.41) is 10.8. The van der Waals surface area contributed by atoms with Gasteiger partial charge in [-0.3, -0.25) is 9.59 Å². The number of carbonyl (C=O) groups excluding carboxylic acids is 1. The van der Waals surface area contributed by atoms with E-state index in [0.29, 0.717) is 34.5 Å². The number of ether oxygens (including phenoxy) is 1. The zero-order valence-corrected chi connectivity index (χ0v) is 18.5. The number of hydrogen-bond donors (Lipinski definition) is 1. The number of aromatic hydroxyl groups is 1. The largest absolute Gasteiger partial charge is 0.508 e. The van der Waals surface area contributed by atoms with Crippen LogP contribution < -0.4 is 10.2 Å². The van der Waals surface area contributed by atoms with Crippen molar-refractivity contribution in [3.8, 4) is 11.5 Å². The van der Waals surface area contributed by atoms with E-state index in [9.17, 15) is 14.7 Å². The highest BCUT2D eigenvalue weighted by atomic mass is 35.5. The van der Waals surface area contributed by atoms with Gasteiger partial charge >= 0.3 is 0 Å². The maximum absolute atomic E-state index is 13.5. The maximum atomic E-state index is 13.5. The van der Waals surface area contributed by atoms with Crippen LogP contribution in [0.15, 0.2) is 75.9 Å². The van der Waals surface area contributed by atoms with E-state index in [2.05, 4.69) is 0 Å². The third-order valence-corrected chi connectivity index (χ3v) is 6.15. The summed E-state index contributed by atoms with van der Waals surface area (Å²) in [6.45, 7) is 0.353. The number of benzene rings is 3. The molecule has 3 aromatic carbocycles. The number of carbonyl (C=O) groups is 1. The Morgan fingerprint density at radius 2 is 1.85 bits per heavy atom. The van der Waals surface area contributed by atoms with Gasteiger partial charge < -0.3 is 19.2 Å². The summed E-state index contributed by atoms with van der Waals surface area (Å²) in [5.41, 5.74) is 1.91. The van der Waals surface area contributed by atoms with Gasteiger partial charge in [0, 0.05) is 11.6 Å². The van der Waals surface area contributed by atoms with Gasteiger partial charge in [-0.05, 0) is 60.0 Å². The van der Waals surface area contributed by atoms with Crippen LogP contribution in [0, 0.1) is 0 Å². The Labute approximate surface area is 194 Å². The number of methoxy groups -OCH3 is 1. The van der Waals surface area contributed by atoms with E-state index in [-0.39, 0.29) is 28.4 Å². The summed E-state index contributed by atoms with van der Waals surface area (Å²) in [6, 6.07) is 18.3. The van der Waals surface area contributed by atoms with Gasteiger partial charge in [0.1, 0.15) is 17.1 Å². The fourth-order valence-electron chi connectivity index (χ4n) is 4.31. The molecule has 33 heavy (non-hydrogen) atoms. The molecule has 1 aromatic heterocycles. The molecular weight excluding hydrogens is 442 g/mol. The van der Waals surface area contributed by atoms with Crippen molar-refractivity contribution in [2.45, 2.75) is 12.5 Å². The lowest BCUT2D eigenvalue weighted by atomic mass is 9.98. The number of halogens is 1. The molecule has 0 aliphatic carbocycles. The van der Waals surface area contributed by atoms with Crippen molar-refractivity contribution in [2.24, 2.45) is 0 Å². The average Bonchev–Trinajstić information content (AvgIpc) is 3.10. The minimum Gasteiger partial charge on any atom is -0.508 e. The van der Waals surface area contributed by atoms with Crippen molar-refractivity contribution >= 4 is 28.5 Å². The van der Waals surface area contributed by atoms with Crippen LogP contribution in [0.5, 0.6) is 11.5 Å². The maximum Gasteiger partial charge on any atom is 0.290 e. The predicted octanol–water partition coefficient (Wildman–Crippen LogP) is 4.95. The van der Waals surface area contributed by atoms with E-state index in [1.165, 1.54) is 0 Å². The van der Waals surface area contributed by atoms with E-state index >= 15 is 0 Å². The Kier molecular flexibility index (Phi) is 5.30. The number of phenols is 1. The van der Waals surface area contributed by atoms with Gasteiger partial charge in [0.2, 0.25) is 5.76 Å². The first kappa shape index (κ1) is 21.1. The van der Waals surface area contributed by atoms with E-state index in [1.807, 2.05) is 24.3 Å². The Morgan fingerprint density at radius 1 is 1.06 bits per heavy atom. The highest BCUT2D eigenvalue weighted by molar-refractivity contribution is 6.31. The van der Waals surface area contributed by atoms with E-state index in [0.717, 1.165) is 11.3 Å². The number of nitrogens with zero attached hydrogens (tertiary/aromatic N) is 1. The summed E-state index contributed by atoms with van der Waals surface area (Å²) in [7, 11) is 1.61. The van der Waals surface area contributed by atoms with Crippen LogP contribution in [0.1, 0.15) is 33.3 Å². The molecule has 1 atom stereocenters. The molecule has 5 rings (SSSR count). The summed E-state index contributed by atoms with van der Waals surface area (Å²) in [6.07, 6.45) is 0.568. The van der Waals surface area contributed by atoms with Gasteiger partial charge in [0.15, 0.2) is 5.43 Å². The minimum absolute atomic E-state index is 0.0258. The van der Waals surface area contributed by atoms with Gasteiger partial charge in [-0.2, -0.15) is 0 Å². The molecule has 1 amide bonds. The molecule has 0 saturated heterocycles. The van der Waals surface area contributed by atoms with E-state index in [1.54, 1.807) is 54.5 Å². The summed E-state index contributed by atoms with van der Waals surface area (Å²) >= 11 is 6.11. The predicted molar refractivity (Wildman–Crippen MR) is 125 cm³/mol. The molecular formula is C26H20ClNO5. The third-order valence-electron chi connectivity index (χ3n) is 5.91. The molecule has 0 saturated carbocycles. The smallest absolute Gasteiger partial charge is 0.290 e. The third kappa shape index (κ3) is 3.72. The number of amides is 1. The molecule has 1 unspecified atom stereocenters. The molecule has 1 N–H and O–H groups in total. The van der Waals surface area contributed by atoms with Crippen molar-refractivity contribution < 1.29 is 19.1 Å². The number of phenolic OH excluding ortho intramolecular Hbond substituents is 1. The zero-order valence-electron chi connectivity index (χ0n) is 17.7. The van der Waals surface area contributed by atoms with Crippen LogP contribution in [0.4, 0.5) is 0 Å². The Bertz CT molecular complexity index is 1430. The first-order valence-corrected chi connectivity index (χ1v) is 10.8. The second-order valence-electron chi connectivity index (χ2n) is 7.91. The second-order valence-corrected chi connectivity index (χ2v) is 8.35. The molecule has 0 spiro atoms. The lowest BCUT2D eigenvalue weighted by Gasteiger charge is -2.25. The standard InChI is InChI=1S/C26H20ClNO5/c1-32-19-8-5-15(6-9-19)11-12-28-23(16-3-2-4-18(29)13-16)22-24(30)20-14-17(27)7-10-21(20)33-25(22)26(28)31/h2-10,13-14,23,29H,11-12H2,1H3. The van der Waals surface area contributed by atoms with Crippen molar-refractivity contribution in [1.82, 2.24) is 4.90 Å². The number of rotatable bonds is 5.